The molecule has 0 aromatic rings. The van der Waals surface area contributed by atoms with Crippen molar-refractivity contribution in [2.75, 3.05) is 0 Å². The number of rotatable bonds is 0. The summed E-state index contributed by atoms with van der Waals surface area (Å²) in [5, 5.41) is 0. The molecule has 0 aromatic carbocycles. The fourth-order valence-corrected chi connectivity index (χ4v) is 3.78. The minimum atomic E-state index is 0.492. The second-order valence-electron chi connectivity index (χ2n) is 7.43. The molecule has 0 bridgehead atoms. The van der Waals surface area contributed by atoms with Crippen LogP contribution >= 0.6 is 0 Å². The van der Waals surface area contributed by atoms with Gasteiger partial charge in [-0.15, -0.1) is 0 Å². The standard InChI is InChI=1S/C16H28/c1-12-7-6-8-13-9-10-14(15(2,3)4)11-16(12,13)5/h8,12,14H,6-7,9-11H2,1-5H3. The monoisotopic (exact) mass is 220 g/mol. The van der Waals surface area contributed by atoms with Gasteiger partial charge < -0.3 is 0 Å². The molecule has 0 amide bonds. The minimum absolute atomic E-state index is 0.492. The minimum Gasteiger partial charge on any atom is -0.0848 e. The molecule has 3 unspecified atom stereocenters. The van der Waals surface area contributed by atoms with Crippen LogP contribution in [0.5, 0.6) is 0 Å². The van der Waals surface area contributed by atoms with Crippen molar-refractivity contribution in [3.05, 3.63) is 11.6 Å². The fourth-order valence-electron chi connectivity index (χ4n) is 3.78. The lowest BCUT2D eigenvalue weighted by Gasteiger charge is -2.50. The van der Waals surface area contributed by atoms with E-state index in [1.165, 1.54) is 32.1 Å². The molecule has 0 saturated heterocycles. The molecule has 0 radical (unpaired) electrons. The molecule has 1 fully saturated rings. The van der Waals surface area contributed by atoms with Crippen molar-refractivity contribution in [2.45, 2.75) is 66.7 Å². The maximum atomic E-state index is 2.55. The highest BCUT2D eigenvalue weighted by Crippen LogP contribution is 2.55. The molecule has 2 rings (SSSR count). The molecule has 0 heteroatoms. The first kappa shape index (κ1) is 12.2. The Hall–Kier alpha value is -0.260. The van der Waals surface area contributed by atoms with Crippen LogP contribution in [0.2, 0.25) is 0 Å². The average molecular weight is 220 g/mol. The van der Waals surface area contributed by atoms with Crippen molar-refractivity contribution >= 4 is 0 Å². The van der Waals surface area contributed by atoms with Gasteiger partial charge in [0.2, 0.25) is 0 Å². The Bertz CT molecular complexity index is 292. The van der Waals surface area contributed by atoms with E-state index in [2.05, 4.69) is 40.7 Å². The summed E-state index contributed by atoms with van der Waals surface area (Å²) >= 11 is 0. The molecule has 1 saturated carbocycles. The van der Waals surface area contributed by atoms with Crippen LogP contribution in [-0.4, -0.2) is 0 Å². The van der Waals surface area contributed by atoms with Gasteiger partial charge in [-0.25, -0.2) is 0 Å². The van der Waals surface area contributed by atoms with Crippen LogP contribution in [0.3, 0.4) is 0 Å². The van der Waals surface area contributed by atoms with Gasteiger partial charge in [0.1, 0.15) is 0 Å². The molecular weight excluding hydrogens is 192 g/mol. The maximum absolute atomic E-state index is 2.55. The summed E-state index contributed by atoms with van der Waals surface area (Å²) < 4.78 is 0. The Balaban J connectivity index is 2.23. The number of allylic oxidation sites excluding steroid dienone is 2. The molecule has 0 N–H and O–H groups in total. The zero-order valence-electron chi connectivity index (χ0n) is 11.8. The lowest BCUT2D eigenvalue weighted by molar-refractivity contribution is 0.0792. The summed E-state index contributed by atoms with van der Waals surface area (Å²) in [5.41, 5.74) is 2.80. The van der Waals surface area contributed by atoms with E-state index in [0.29, 0.717) is 10.8 Å². The van der Waals surface area contributed by atoms with Crippen LogP contribution in [0.4, 0.5) is 0 Å². The molecule has 0 aliphatic heterocycles. The van der Waals surface area contributed by atoms with Crippen LogP contribution in [0.15, 0.2) is 11.6 Å². The number of fused-ring (bicyclic) bond motifs is 1. The van der Waals surface area contributed by atoms with Crippen LogP contribution < -0.4 is 0 Å². The summed E-state index contributed by atoms with van der Waals surface area (Å²) in [5.74, 6) is 1.80. The molecule has 0 heterocycles. The SMILES string of the molecule is CC1CCC=C2CCC(C(C)(C)C)CC21C. The summed E-state index contributed by atoms with van der Waals surface area (Å²) in [6.45, 7) is 12.3. The van der Waals surface area contributed by atoms with E-state index in [1.54, 1.807) is 5.57 Å². The van der Waals surface area contributed by atoms with Gasteiger partial charge in [0.15, 0.2) is 0 Å². The van der Waals surface area contributed by atoms with Gasteiger partial charge in [0, 0.05) is 0 Å². The Labute approximate surface area is 102 Å². The van der Waals surface area contributed by atoms with Crippen LogP contribution in [0.1, 0.15) is 66.7 Å². The fraction of sp³-hybridized carbons (Fsp3) is 0.875. The summed E-state index contributed by atoms with van der Waals surface area (Å²) in [4.78, 5) is 0. The largest absolute Gasteiger partial charge is 0.0848 e. The van der Waals surface area contributed by atoms with E-state index >= 15 is 0 Å². The smallest absolute Gasteiger partial charge is 0.00878 e. The normalized spacial score (nSPS) is 40.2. The molecule has 3 atom stereocenters. The molecular formula is C16H28. The van der Waals surface area contributed by atoms with Gasteiger partial charge in [0.25, 0.3) is 0 Å². The Morgan fingerprint density at radius 1 is 1.25 bits per heavy atom. The lowest BCUT2D eigenvalue weighted by atomic mass is 9.55. The maximum Gasteiger partial charge on any atom is -0.00878 e. The quantitative estimate of drug-likeness (QED) is 0.492. The summed E-state index contributed by atoms with van der Waals surface area (Å²) in [7, 11) is 0. The molecule has 2 aliphatic carbocycles. The van der Waals surface area contributed by atoms with Gasteiger partial charge in [-0.2, -0.15) is 0 Å². The lowest BCUT2D eigenvalue weighted by Crippen LogP contribution is -2.39. The summed E-state index contributed by atoms with van der Waals surface area (Å²) in [6, 6.07) is 0. The van der Waals surface area contributed by atoms with Crippen LogP contribution in [0.25, 0.3) is 0 Å². The second-order valence-corrected chi connectivity index (χ2v) is 7.43. The molecule has 0 spiro atoms. The molecule has 16 heavy (non-hydrogen) atoms. The number of hydrogen-bond acceptors (Lipinski definition) is 0. The molecule has 0 aromatic heterocycles. The van der Waals surface area contributed by atoms with E-state index in [-0.39, 0.29) is 0 Å². The first-order chi connectivity index (χ1) is 7.34. The summed E-state index contributed by atoms with van der Waals surface area (Å²) in [6.07, 6.45) is 9.48. The predicted octanol–water partition coefficient (Wildman–Crippen LogP) is 5.20. The first-order valence-electron chi connectivity index (χ1n) is 7.03. The van der Waals surface area contributed by atoms with Gasteiger partial charge in [-0.05, 0) is 54.8 Å². The van der Waals surface area contributed by atoms with E-state index in [1.807, 2.05) is 0 Å². The van der Waals surface area contributed by atoms with Crippen molar-refractivity contribution in [1.82, 2.24) is 0 Å². The topological polar surface area (TPSA) is 0 Å². The number of hydrogen-bond donors (Lipinski definition) is 0. The van der Waals surface area contributed by atoms with Crippen molar-refractivity contribution in [2.24, 2.45) is 22.7 Å². The third kappa shape index (κ3) is 1.96. The van der Waals surface area contributed by atoms with E-state index in [9.17, 15) is 0 Å². The van der Waals surface area contributed by atoms with Crippen molar-refractivity contribution in [3.8, 4) is 0 Å². The van der Waals surface area contributed by atoms with Gasteiger partial charge in [-0.1, -0.05) is 46.3 Å². The molecule has 0 nitrogen and oxygen atoms in total. The van der Waals surface area contributed by atoms with Crippen molar-refractivity contribution in [1.29, 1.82) is 0 Å². The van der Waals surface area contributed by atoms with E-state index in [4.69, 9.17) is 0 Å². The third-order valence-corrected chi connectivity index (χ3v) is 5.47. The van der Waals surface area contributed by atoms with Crippen molar-refractivity contribution < 1.29 is 0 Å². The molecule has 2 aliphatic rings. The van der Waals surface area contributed by atoms with Crippen LogP contribution in [0, 0.1) is 22.7 Å². The van der Waals surface area contributed by atoms with E-state index in [0.717, 1.165) is 11.8 Å². The zero-order valence-corrected chi connectivity index (χ0v) is 11.8. The Kier molecular flexibility index (Phi) is 2.97. The zero-order chi connectivity index (χ0) is 12.0. The second kappa shape index (κ2) is 3.89. The first-order valence-corrected chi connectivity index (χ1v) is 7.03. The highest BCUT2D eigenvalue weighted by atomic mass is 14.5. The Morgan fingerprint density at radius 3 is 2.56 bits per heavy atom. The van der Waals surface area contributed by atoms with Gasteiger partial charge in [-0.3, -0.25) is 0 Å². The highest BCUT2D eigenvalue weighted by Gasteiger charge is 2.44. The average Bonchev–Trinajstić information content (AvgIpc) is 2.17. The van der Waals surface area contributed by atoms with Gasteiger partial charge >= 0.3 is 0 Å². The highest BCUT2D eigenvalue weighted by molar-refractivity contribution is 5.21. The van der Waals surface area contributed by atoms with E-state index < -0.39 is 0 Å². The predicted molar refractivity (Wildman–Crippen MR) is 71.4 cm³/mol. The van der Waals surface area contributed by atoms with Crippen LogP contribution in [-0.2, 0) is 0 Å². The molecule has 92 valence electrons. The Morgan fingerprint density at radius 2 is 1.94 bits per heavy atom. The van der Waals surface area contributed by atoms with Gasteiger partial charge in [0.05, 0.1) is 0 Å². The van der Waals surface area contributed by atoms with Crippen molar-refractivity contribution in [3.63, 3.8) is 0 Å². The third-order valence-electron chi connectivity index (χ3n) is 5.47.